The maximum atomic E-state index is 13.0. The second-order valence-electron chi connectivity index (χ2n) is 4.22. The normalized spacial score (nSPS) is 11.2. The molecule has 0 fully saturated rings. The Balaban J connectivity index is 2.41. The molecule has 0 bridgehead atoms. The van der Waals surface area contributed by atoms with Gasteiger partial charge in [-0.15, -0.1) is 0 Å². The molecule has 2 rings (SSSR count). The fourth-order valence-corrected chi connectivity index (χ4v) is 3.14. The van der Waals surface area contributed by atoms with Gasteiger partial charge in [-0.3, -0.25) is 4.72 Å². The number of rotatable bonds is 4. The highest BCUT2D eigenvalue weighted by atomic mass is 32.2. The number of hydrogen-bond donors (Lipinski definition) is 1. The van der Waals surface area contributed by atoms with Gasteiger partial charge < -0.3 is 4.74 Å². The summed E-state index contributed by atoms with van der Waals surface area (Å²) in [4.78, 5) is 0.0322. The van der Waals surface area contributed by atoms with E-state index >= 15 is 0 Å². The Kier molecular flexibility index (Phi) is 3.94. The molecule has 1 N–H and O–H groups in total. The number of benzene rings is 2. The lowest BCUT2D eigenvalue weighted by molar-refractivity contribution is 0.417. The van der Waals surface area contributed by atoms with Gasteiger partial charge >= 0.3 is 0 Å². The number of methoxy groups -OCH3 is 1. The average Bonchev–Trinajstić information content (AvgIpc) is 2.38. The highest BCUT2D eigenvalue weighted by Gasteiger charge is 2.18. The standard InChI is InChI=1S/C14H14FNO3S/c1-10-9-11(15)7-8-14(10)20(17,18)16-12-5-3-4-6-13(12)19-2/h3-9,16H,1-2H3. The van der Waals surface area contributed by atoms with E-state index in [0.29, 0.717) is 17.0 Å². The zero-order valence-corrected chi connectivity index (χ0v) is 11.9. The van der Waals surface area contributed by atoms with Crippen molar-refractivity contribution in [1.29, 1.82) is 0 Å². The van der Waals surface area contributed by atoms with Crippen LogP contribution in [-0.4, -0.2) is 15.5 Å². The van der Waals surface area contributed by atoms with Gasteiger partial charge in [0.05, 0.1) is 17.7 Å². The van der Waals surface area contributed by atoms with E-state index in [1.54, 1.807) is 31.2 Å². The third-order valence-electron chi connectivity index (χ3n) is 2.78. The van der Waals surface area contributed by atoms with Crippen LogP contribution in [0.2, 0.25) is 0 Å². The Bertz CT molecular complexity index is 729. The van der Waals surface area contributed by atoms with Gasteiger partial charge in [-0.05, 0) is 42.8 Å². The van der Waals surface area contributed by atoms with Crippen LogP contribution in [0, 0.1) is 12.7 Å². The first-order valence-corrected chi connectivity index (χ1v) is 7.34. The number of sulfonamides is 1. The van der Waals surface area contributed by atoms with E-state index in [2.05, 4.69) is 4.72 Å². The molecule has 0 aliphatic carbocycles. The Labute approximate surface area is 117 Å². The summed E-state index contributed by atoms with van der Waals surface area (Å²) in [5.74, 6) is -0.0606. The third-order valence-corrected chi connectivity index (χ3v) is 4.30. The predicted molar refractivity (Wildman–Crippen MR) is 74.9 cm³/mol. The monoisotopic (exact) mass is 295 g/mol. The lowest BCUT2D eigenvalue weighted by atomic mass is 10.2. The molecule has 0 unspecified atom stereocenters. The second-order valence-corrected chi connectivity index (χ2v) is 5.87. The number of anilines is 1. The minimum absolute atomic E-state index is 0.0322. The minimum atomic E-state index is -3.79. The quantitative estimate of drug-likeness (QED) is 0.943. The molecule has 0 heterocycles. The number of ether oxygens (including phenoxy) is 1. The molecular weight excluding hydrogens is 281 g/mol. The van der Waals surface area contributed by atoms with E-state index in [1.807, 2.05) is 0 Å². The zero-order chi connectivity index (χ0) is 14.8. The van der Waals surface area contributed by atoms with Crippen LogP contribution in [0.1, 0.15) is 5.56 Å². The zero-order valence-electron chi connectivity index (χ0n) is 11.1. The first-order valence-electron chi connectivity index (χ1n) is 5.86. The van der Waals surface area contributed by atoms with Crippen LogP contribution in [0.3, 0.4) is 0 Å². The summed E-state index contributed by atoms with van der Waals surface area (Å²) >= 11 is 0. The maximum Gasteiger partial charge on any atom is 0.262 e. The molecule has 0 saturated heterocycles. The van der Waals surface area contributed by atoms with Crippen LogP contribution < -0.4 is 9.46 Å². The van der Waals surface area contributed by atoms with Crippen molar-refractivity contribution in [2.75, 3.05) is 11.8 Å². The van der Waals surface area contributed by atoms with Crippen LogP contribution in [0.5, 0.6) is 5.75 Å². The average molecular weight is 295 g/mol. The molecule has 0 amide bonds. The third kappa shape index (κ3) is 2.91. The van der Waals surface area contributed by atoms with E-state index in [-0.39, 0.29) is 4.90 Å². The van der Waals surface area contributed by atoms with Crippen molar-refractivity contribution in [1.82, 2.24) is 0 Å². The molecule has 2 aromatic carbocycles. The van der Waals surface area contributed by atoms with E-state index in [9.17, 15) is 12.8 Å². The molecule has 6 heteroatoms. The van der Waals surface area contributed by atoms with Crippen LogP contribution in [-0.2, 0) is 10.0 Å². The molecule has 0 aromatic heterocycles. The lowest BCUT2D eigenvalue weighted by Gasteiger charge is -2.13. The van der Waals surface area contributed by atoms with Gasteiger partial charge in [-0.2, -0.15) is 0 Å². The van der Waals surface area contributed by atoms with Crippen LogP contribution in [0.4, 0.5) is 10.1 Å². The minimum Gasteiger partial charge on any atom is -0.495 e. The molecule has 0 saturated carbocycles. The van der Waals surface area contributed by atoms with E-state index in [4.69, 9.17) is 4.74 Å². The molecule has 0 radical (unpaired) electrons. The van der Waals surface area contributed by atoms with Crippen molar-refractivity contribution in [3.63, 3.8) is 0 Å². The summed E-state index contributed by atoms with van der Waals surface area (Å²) in [7, 11) is -2.34. The number of para-hydroxylation sites is 2. The van der Waals surface area contributed by atoms with Crippen molar-refractivity contribution >= 4 is 15.7 Å². The van der Waals surface area contributed by atoms with Crippen molar-refractivity contribution < 1.29 is 17.5 Å². The largest absolute Gasteiger partial charge is 0.495 e. The molecule has 106 valence electrons. The molecule has 0 aliphatic heterocycles. The molecule has 4 nitrogen and oxygen atoms in total. The van der Waals surface area contributed by atoms with E-state index < -0.39 is 15.8 Å². The second kappa shape index (κ2) is 5.50. The fourth-order valence-electron chi connectivity index (χ4n) is 1.84. The van der Waals surface area contributed by atoms with Gasteiger partial charge in [0.15, 0.2) is 0 Å². The Morgan fingerprint density at radius 1 is 1.15 bits per heavy atom. The predicted octanol–water partition coefficient (Wildman–Crippen LogP) is 2.94. The fraction of sp³-hybridized carbons (Fsp3) is 0.143. The van der Waals surface area contributed by atoms with Gasteiger partial charge in [-0.1, -0.05) is 12.1 Å². The first-order chi connectivity index (χ1) is 9.44. The SMILES string of the molecule is COc1ccccc1NS(=O)(=O)c1ccc(F)cc1C. The van der Waals surface area contributed by atoms with Gasteiger partial charge in [0, 0.05) is 0 Å². The molecule has 20 heavy (non-hydrogen) atoms. The van der Waals surface area contributed by atoms with Gasteiger partial charge in [-0.25, -0.2) is 12.8 Å². The maximum absolute atomic E-state index is 13.0. The molecular formula is C14H14FNO3S. The Morgan fingerprint density at radius 3 is 2.50 bits per heavy atom. The summed E-state index contributed by atoms with van der Waals surface area (Å²) in [6.07, 6.45) is 0. The van der Waals surface area contributed by atoms with Gasteiger partial charge in [0.25, 0.3) is 10.0 Å². The van der Waals surface area contributed by atoms with Crippen LogP contribution in [0.15, 0.2) is 47.4 Å². The molecule has 0 aliphatic rings. The van der Waals surface area contributed by atoms with E-state index in [1.165, 1.54) is 19.2 Å². The topological polar surface area (TPSA) is 55.4 Å². The van der Waals surface area contributed by atoms with E-state index in [0.717, 1.165) is 6.07 Å². The number of nitrogens with one attached hydrogen (secondary N) is 1. The van der Waals surface area contributed by atoms with Crippen molar-refractivity contribution in [2.24, 2.45) is 0 Å². The Morgan fingerprint density at radius 2 is 1.85 bits per heavy atom. The smallest absolute Gasteiger partial charge is 0.262 e. The van der Waals surface area contributed by atoms with Crippen LogP contribution in [0.25, 0.3) is 0 Å². The summed E-state index contributed by atoms with van der Waals surface area (Å²) in [5.41, 5.74) is 0.672. The van der Waals surface area contributed by atoms with Gasteiger partial charge in [0.1, 0.15) is 11.6 Å². The highest BCUT2D eigenvalue weighted by molar-refractivity contribution is 7.92. The molecule has 0 spiro atoms. The first kappa shape index (κ1) is 14.3. The molecule has 2 aromatic rings. The van der Waals surface area contributed by atoms with Crippen molar-refractivity contribution in [3.05, 3.63) is 53.8 Å². The van der Waals surface area contributed by atoms with Crippen molar-refractivity contribution in [2.45, 2.75) is 11.8 Å². The highest BCUT2D eigenvalue weighted by Crippen LogP contribution is 2.27. The lowest BCUT2D eigenvalue weighted by Crippen LogP contribution is -2.15. The van der Waals surface area contributed by atoms with Crippen molar-refractivity contribution in [3.8, 4) is 5.75 Å². The summed E-state index contributed by atoms with van der Waals surface area (Å²) in [5, 5.41) is 0. The summed E-state index contributed by atoms with van der Waals surface area (Å²) in [6.45, 7) is 1.54. The number of hydrogen-bond acceptors (Lipinski definition) is 3. The summed E-state index contributed by atoms with van der Waals surface area (Å²) < 4.78 is 45.2. The molecule has 0 atom stereocenters. The Hall–Kier alpha value is -2.08. The van der Waals surface area contributed by atoms with Gasteiger partial charge in [0.2, 0.25) is 0 Å². The van der Waals surface area contributed by atoms with Crippen LogP contribution >= 0.6 is 0 Å². The summed E-state index contributed by atoms with van der Waals surface area (Å²) in [6, 6.07) is 10.2. The number of aryl methyl sites for hydroxylation is 1. The number of halogens is 1.